The van der Waals surface area contributed by atoms with Crippen LogP contribution in [0.15, 0.2) is 48.5 Å². The van der Waals surface area contributed by atoms with E-state index < -0.39 is 18.4 Å². The molecule has 0 unspecified atom stereocenters. The van der Waals surface area contributed by atoms with Gasteiger partial charge in [0.2, 0.25) is 0 Å². The number of carbonyl (C=O) groups is 1. The van der Waals surface area contributed by atoms with E-state index in [0.29, 0.717) is 16.5 Å². The zero-order chi connectivity index (χ0) is 17.7. The predicted octanol–water partition coefficient (Wildman–Crippen LogP) is 4.64. The average Bonchev–Trinajstić information content (AvgIpc) is 2.50. The van der Waals surface area contributed by atoms with Gasteiger partial charge in [-0.25, -0.2) is 0 Å². The van der Waals surface area contributed by atoms with Gasteiger partial charge in [0.05, 0.1) is 0 Å². The number of anilines is 1. The molecule has 1 atom stereocenters. The first-order valence-corrected chi connectivity index (χ1v) is 7.19. The smallest absolute Gasteiger partial charge is 0.481 e. The number of benzene rings is 2. The highest BCUT2D eigenvalue weighted by Gasteiger charge is 2.31. The lowest BCUT2D eigenvalue weighted by Crippen LogP contribution is -2.30. The summed E-state index contributed by atoms with van der Waals surface area (Å²) in [6, 6.07) is 11.3. The topological polar surface area (TPSA) is 47.6 Å². The van der Waals surface area contributed by atoms with Crippen molar-refractivity contribution >= 4 is 23.2 Å². The van der Waals surface area contributed by atoms with E-state index in [1.165, 1.54) is 12.1 Å². The quantitative estimate of drug-likeness (QED) is 0.845. The molecule has 0 bridgehead atoms. The van der Waals surface area contributed by atoms with E-state index in [1.54, 1.807) is 31.2 Å². The SMILES string of the molecule is C[C@@H](Oc1ccc(Cl)cc1)C(=O)Nc1ccc(OC(F)(F)F)cc1. The van der Waals surface area contributed by atoms with Crippen molar-refractivity contribution in [1.29, 1.82) is 0 Å². The maximum atomic E-state index is 12.1. The molecular weight excluding hydrogens is 347 g/mol. The molecule has 1 N–H and O–H groups in total. The highest BCUT2D eigenvalue weighted by Crippen LogP contribution is 2.24. The van der Waals surface area contributed by atoms with Gasteiger partial charge in [-0.1, -0.05) is 11.6 Å². The fraction of sp³-hybridized carbons (Fsp3) is 0.188. The first-order chi connectivity index (χ1) is 11.2. The second kappa shape index (κ2) is 7.44. The van der Waals surface area contributed by atoms with Crippen LogP contribution < -0.4 is 14.8 Å². The molecule has 128 valence electrons. The largest absolute Gasteiger partial charge is 0.573 e. The first kappa shape index (κ1) is 17.9. The third-order valence-corrected chi connectivity index (χ3v) is 3.10. The van der Waals surface area contributed by atoms with Gasteiger partial charge >= 0.3 is 6.36 Å². The number of hydrogen-bond acceptors (Lipinski definition) is 3. The third kappa shape index (κ3) is 5.66. The van der Waals surface area contributed by atoms with E-state index in [1.807, 2.05) is 0 Å². The molecule has 0 aliphatic heterocycles. The maximum absolute atomic E-state index is 12.1. The van der Waals surface area contributed by atoms with Crippen molar-refractivity contribution in [3.8, 4) is 11.5 Å². The molecule has 1 amide bonds. The van der Waals surface area contributed by atoms with E-state index in [0.717, 1.165) is 12.1 Å². The van der Waals surface area contributed by atoms with Gasteiger partial charge in [-0.3, -0.25) is 4.79 Å². The zero-order valence-corrected chi connectivity index (χ0v) is 13.2. The minimum atomic E-state index is -4.76. The fourth-order valence-electron chi connectivity index (χ4n) is 1.75. The number of carbonyl (C=O) groups excluding carboxylic acids is 1. The summed E-state index contributed by atoms with van der Waals surface area (Å²) in [5.74, 6) is -0.351. The molecule has 2 rings (SSSR count). The zero-order valence-electron chi connectivity index (χ0n) is 12.4. The van der Waals surface area contributed by atoms with Crippen LogP contribution in [0.1, 0.15) is 6.92 Å². The summed E-state index contributed by atoms with van der Waals surface area (Å²) in [5, 5.41) is 3.08. The minimum Gasteiger partial charge on any atom is -0.481 e. The number of hydrogen-bond donors (Lipinski definition) is 1. The van der Waals surface area contributed by atoms with Gasteiger partial charge in [0.1, 0.15) is 11.5 Å². The summed E-state index contributed by atoms with van der Waals surface area (Å²) in [7, 11) is 0. The van der Waals surface area contributed by atoms with Gasteiger partial charge in [0, 0.05) is 10.7 Å². The van der Waals surface area contributed by atoms with Crippen LogP contribution in [-0.4, -0.2) is 18.4 Å². The lowest BCUT2D eigenvalue weighted by Gasteiger charge is -2.15. The van der Waals surface area contributed by atoms with Crippen LogP contribution in [0.4, 0.5) is 18.9 Å². The second-order valence-corrected chi connectivity index (χ2v) is 5.21. The van der Waals surface area contributed by atoms with Crippen molar-refractivity contribution in [3.63, 3.8) is 0 Å². The highest BCUT2D eigenvalue weighted by atomic mass is 35.5. The molecule has 0 saturated heterocycles. The molecule has 0 aliphatic rings. The van der Waals surface area contributed by atoms with Gasteiger partial charge in [0.15, 0.2) is 6.10 Å². The Bertz CT molecular complexity index is 687. The Morgan fingerprint density at radius 1 is 1.04 bits per heavy atom. The Hall–Kier alpha value is -2.41. The van der Waals surface area contributed by atoms with Crippen LogP contribution in [0, 0.1) is 0 Å². The monoisotopic (exact) mass is 359 g/mol. The van der Waals surface area contributed by atoms with Crippen LogP contribution >= 0.6 is 11.6 Å². The Balaban J connectivity index is 1.92. The van der Waals surface area contributed by atoms with E-state index in [2.05, 4.69) is 10.1 Å². The Labute approximate surface area is 141 Å². The number of alkyl halides is 3. The molecule has 0 saturated carbocycles. The Kier molecular flexibility index (Phi) is 5.56. The van der Waals surface area contributed by atoms with Gasteiger partial charge < -0.3 is 14.8 Å². The van der Waals surface area contributed by atoms with Crippen molar-refractivity contribution in [1.82, 2.24) is 0 Å². The van der Waals surface area contributed by atoms with Gasteiger partial charge in [0.25, 0.3) is 5.91 Å². The Morgan fingerprint density at radius 2 is 1.58 bits per heavy atom. The molecule has 8 heteroatoms. The van der Waals surface area contributed by atoms with Crippen molar-refractivity contribution < 1.29 is 27.4 Å². The molecule has 0 radical (unpaired) electrons. The normalized spacial score (nSPS) is 12.4. The number of nitrogens with one attached hydrogen (secondary N) is 1. The summed E-state index contributed by atoms with van der Waals surface area (Å²) in [6.07, 6.45) is -5.57. The highest BCUT2D eigenvalue weighted by molar-refractivity contribution is 6.30. The summed E-state index contributed by atoms with van der Waals surface area (Å²) in [4.78, 5) is 12.0. The molecular formula is C16H13ClF3NO3. The van der Waals surface area contributed by atoms with E-state index in [9.17, 15) is 18.0 Å². The number of halogens is 4. The van der Waals surface area contributed by atoms with Crippen molar-refractivity contribution in [2.24, 2.45) is 0 Å². The molecule has 0 heterocycles. The molecule has 0 aliphatic carbocycles. The number of amides is 1. The summed E-state index contributed by atoms with van der Waals surface area (Å²) in [5.41, 5.74) is 0.320. The Morgan fingerprint density at radius 3 is 2.12 bits per heavy atom. The number of rotatable bonds is 5. The minimum absolute atomic E-state index is 0.320. The number of ether oxygens (including phenoxy) is 2. The van der Waals surface area contributed by atoms with Crippen molar-refractivity contribution in [2.45, 2.75) is 19.4 Å². The van der Waals surface area contributed by atoms with Crippen LogP contribution in [0.5, 0.6) is 11.5 Å². The van der Waals surface area contributed by atoms with E-state index in [4.69, 9.17) is 16.3 Å². The summed E-state index contributed by atoms with van der Waals surface area (Å²) in [6.45, 7) is 1.55. The lowest BCUT2D eigenvalue weighted by molar-refractivity contribution is -0.274. The molecule has 4 nitrogen and oxygen atoms in total. The fourth-order valence-corrected chi connectivity index (χ4v) is 1.88. The molecule has 0 aromatic heterocycles. The average molecular weight is 360 g/mol. The van der Waals surface area contributed by atoms with Gasteiger partial charge in [-0.2, -0.15) is 0 Å². The van der Waals surface area contributed by atoms with Gasteiger partial charge in [-0.05, 0) is 55.5 Å². The lowest BCUT2D eigenvalue weighted by atomic mass is 10.2. The summed E-state index contributed by atoms with van der Waals surface area (Å²) >= 11 is 5.76. The third-order valence-electron chi connectivity index (χ3n) is 2.85. The summed E-state index contributed by atoms with van der Waals surface area (Å²) < 4.78 is 45.4. The van der Waals surface area contributed by atoms with Crippen LogP contribution in [0.2, 0.25) is 5.02 Å². The molecule has 24 heavy (non-hydrogen) atoms. The van der Waals surface area contributed by atoms with E-state index in [-0.39, 0.29) is 5.75 Å². The van der Waals surface area contributed by atoms with Crippen molar-refractivity contribution in [2.75, 3.05) is 5.32 Å². The molecule has 0 fully saturated rings. The second-order valence-electron chi connectivity index (χ2n) is 4.78. The standard InChI is InChI=1S/C16H13ClF3NO3/c1-10(23-13-6-2-11(17)3-7-13)15(22)21-12-4-8-14(9-5-12)24-16(18,19)20/h2-10H,1H3,(H,21,22)/t10-/m1/s1. The first-order valence-electron chi connectivity index (χ1n) is 6.82. The van der Waals surface area contributed by atoms with Gasteiger partial charge in [-0.15, -0.1) is 13.2 Å². The van der Waals surface area contributed by atoms with Crippen molar-refractivity contribution in [3.05, 3.63) is 53.6 Å². The molecule has 2 aromatic carbocycles. The van der Waals surface area contributed by atoms with Crippen LogP contribution in [0.3, 0.4) is 0 Å². The predicted molar refractivity (Wildman–Crippen MR) is 83.3 cm³/mol. The maximum Gasteiger partial charge on any atom is 0.573 e. The molecule has 0 spiro atoms. The van der Waals surface area contributed by atoms with Crippen LogP contribution in [0.25, 0.3) is 0 Å². The van der Waals surface area contributed by atoms with Crippen LogP contribution in [-0.2, 0) is 4.79 Å². The molecule has 2 aromatic rings. The van der Waals surface area contributed by atoms with E-state index >= 15 is 0 Å².